The third-order valence-electron chi connectivity index (χ3n) is 3.26. The van der Waals surface area contributed by atoms with Gasteiger partial charge in [-0.05, 0) is 24.3 Å². The maximum Gasteiger partial charge on any atom is 0.338 e. The quantitative estimate of drug-likeness (QED) is 0.746. The predicted octanol–water partition coefficient (Wildman–Crippen LogP) is 1.42. The lowest BCUT2D eigenvalue weighted by atomic mass is 10.1. The van der Waals surface area contributed by atoms with E-state index in [2.05, 4.69) is 0 Å². The Hall–Kier alpha value is -2.70. The smallest absolute Gasteiger partial charge is 0.338 e. The largest absolute Gasteiger partial charge is 0.459 e. The van der Waals surface area contributed by atoms with Crippen LogP contribution in [0, 0.1) is 0 Å². The summed E-state index contributed by atoms with van der Waals surface area (Å²) in [5.74, 6) is -1.28. The number of rotatable bonds is 7. The SMILES string of the molecule is O=C(OCC(O)(CO)COC(=O)c1ccccc1)c1ccccc1. The molecule has 0 fully saturated rings. The number of hydrogen-bond acceptors (Lipinski definition) is 6. The number of ether oxygens (including phenoxy) is 2. The second-order valence-electron chi connectivity index (χ2n) is 5.27. The topological polar surface area (TPSA) is 93.1 Å². The van der Waals surface area contributed by atoms with Gasteiger partial charge >= 0.3 is 11.9 Å². The Morgan fingerprint density at radius 1 is 0.792 bits per heavy atom. The number of hydrogen-bond donors (Lipinski definition) is 2. The van der Waals surface area contributed by atoms with Gasteiger partial charge in [0.15, 0.2) is 5.60 Å². The van der Waals surface area contributed by atoms with Gasteiger partial charge in [-0.25, -0.2) is 9.59 Å². The van der Waals surface area contributed by atoms with Crippen LogP contribution in [0.5, 0.6) is 0 Å². The summed E-state index contributed by atoms with van der Waals surface area (Å²) in [5.41, 5.74) is -1.23. The molecule has 0 amide bonds. The zero-order chi connectivity index (χ0) is 17.4. The molecule has 0 saturated heterocycles. The molecular formula is C18H18O6. The molecule has 24 heavy (non-hydrogen) atoms. The number of carbonyl (C=O) groups is 2. The molecule has 0 atom stereocenters. The van der Waals surface area contributed by atoms with Crippen LogP contribution in [0.2, 0.25) is 0 Å². The van der Waals surface area contributed by atoms with E-state index in [4.69, 9.17) is 9.47 Å². The van der Waals surface area contributed by atoms with Crippen LogP contribution in [0.3, 0.4) is 0 Å². The van der Waals surface area contributed by atoms with Gasteiger partial charge in [-0.3, -0.25) is 0 Å². The summed E-state index contributed by atoms with van der Waals surface area (Å²) in [7, 11) is 0. The van der Waals surface area contributed by atoms with E-state index >= 15 is 0 Å². The Labute approximate surface area is 139 Å². The third kappa shape index (κ3) is 4.91. The van der Waals surface area contributed by atoms with Crippen molar-refractivity contribution < 1.29 is 29.3 Å². The third-order valence-corrected chi connectivity index (χ3v) is 3.26. The standard InChI is InChI=1S/C18H18O6/c19-11-18(22,12-23-16(20)14-7-3-1-4-8-14)13-24-17(21)15-9-5-2-6-10-15/h1-10,19,22H,11-13H2. The fraction of sp³-hybridized carbons (Fsp3) is 0.222. The molecule has 0 radical (unpaired) electrons. The van der Waals surface area contributed by atoms with E-state index in [0.29, 0.717) is 11.1 Å². The average Bonchev–Trinajstić information content (AvgIpc) is 2.65. The van der Waals surface area contributed by atoms with Gasteiger partial charge < -0.3 is 19.7 Å². The fourth-order valence-corrected chi connectivity index (χ4v) is 1.85. The molecule has 0 spiro atoms. The highest BCUT2D eigenvalue weighted by atomic mass is 16.6. The molecule has 126 valence electrons. The van der Waals surface area contributed by atoms with Gasteiger partial charge in [0.05, 0.1) is 17.7 Å². The number of carbonyl (C=O) groups excluding carboxylic acids is 2. The minimum Gasteiger partial charge on any atom is -0.459 e. The molecule has 6 heteroatoms. The van der Waals surface area contributed by atoms with Crippen molar-refractivity contribution in [3.8, 4) is 0 Å². The van der Waals surface area contributed by atoms with Crippen LogP contribution >= 0.6 is 0 Å². The molecule has 2 N–H and O–H groups in total. The second kappa shape index (κ2) is 8.24. The van der Waals surface area contributed by atoms with E-state index in [1.54, 1.807) is 60.7 Å². The summed E-state index contributed by atoms with van der Waals surface area (Å²) in [5, 5.41) is 19.5. The van der Waals surface area contributed by atoms with E-state index in [9.17, 15) is 19.8 Å². The molecule has 0 aliphatic heterocycles. The molecule has 0 unspecified atom stereocenters. The van der Waals surface area contributed by atoms with Crippen LogP contribution in [-0.4, -0.2) is 47.6 Å². The van der Waals surface area contributed by atoms with Gasteiger partial charge in [-0.15, -0.1) is 0 Å². The van der Waals surface area contributed by atoms with Crippen molar-refractivity contribution in [1.29, 1.82) is 0 Å². The number of benzene rings is 2. The van der Waals surface area contributed by atoms with Gasteiger partial charge in [0.2, 0.25) is 0 Å². The minimum atomic E-state index is -1.87. The molecular weight excluding hydrogens is 312 g/mol. The molecule has 0 aliphatic rings. The highest BCUT2D eigenvalue weighted by Crippen LogP contribution is 2.10. The monoisotopic (exact) mass is 330 g/mol. The highest BCUT2D eigenvalue weighted by Gasteiger charge is 2.30. The van der Waals surface area contributed by atoms with Crippen molar-refractivity contribution in [3.05, 3.63) is 71.8 Å². The lowest BCUT2D eigenvalue weighted by Crippen LogP contribution is -2.44. The summed E-state index contributed by atoms with van der Waals surface area (Å²) in [6.45, 7) is -1.73. The lowest BCUT2D eigenvalue weighted by molar-refractivity contribution is -0.0960. The summed E-state index contributed by atoms with van der Waals surface area (Å²) in [6, 6.07) is 16.5. The van der Waals surface area contributed by atoms with Crippen molar-refractivity contribution >= 4 is 11.9 Å². The molecule has 0 bridgehead atoms. The van der Waals surface area contributed by atoms with Gasteiger partial charge in [-0.1, -0.05) is 36.4 Å². The van der Waals surface area contributed by atoms with E-state index < -0.39 is 37.4 Å². The predicted molar refractivity (Wildman–Crippen MR) is 85.5 cm³/mol. The van der Waals surface area contributed by atoms with Crippen LogP contribution in [0.4, 0.5) is 0 Å². The van der Waals surface area contributed by atoms with E-state index in [1.807, 2.05) is 0 Å². The summed E-state index contributed by atoms with van der Waals surface area (Å²) < 4.78 is 9.96. The van der Waals surface area contributed by atoms with Crippen LogP contribution in [0.1, 0.15) is 20.7 Å². The molecule has 0 aromatic heterocycles. The van der Waals surface area contributed by atoms with Crippen molar-refractivity contribution in [2.45, 2.75) is 5.60 Å². The fourth-order valence-electron chi connectivity index (χ4n) is 1.85. The van der Waals surface area contributed by atoms with Gasteiger partial charge in [0, 0.05) is 0 Å². The summed E-state index contributed by atoms with van der Waals surface area (Å²) >= 11 is 0. The Bertz CT molecular complexity index is 613. The first kappa shape index (κ1) is 17.7. The second-order valence-corrected chi connectivity index (χ2v) is 5.27. The molecule has 2 rings (SSSR count). The Kier molecular flexibility index (Phi) is 6.06. The van der Waals surface area contributed by atoms with Crippen molar-refractivity contribution in [3.63, 3.8) is 0 Å². The average molecular weight is 330 g/mol. The first-order valence-electron chi connectivity index (χ1n) is 7.32. The lowest BCUT2D eigenvalue weighted by Gasteiger charge is -2.24. The number of aliphatic hydroxyl groups excluding tert-OH is 1. The highest BCUT2D eigenvalue weighted by molar-refractivity contribution is 5.89. The Balaban J connectivity index is 1.89. The number of aliphatic hydroxyl groups is 2. The molecule has 0 saturated carbocycles. The number of esters is 2. The van der Waals surface area contributed by atoms with E-state index in [1.165, 1.54) is 0 Å². The zero-order valence-corrected chi connectivity index (χ0v) is 12.9. The minimum absolute atomic E-state index is 0.319. The summed E-state index contributed by atoms with van der Waals surface area (Å²) in [4.78, 5) is 23.7. The normalized spacial score (nSPS) is 10.9. The molecule has 2 aromatic rings. The van der Waals surface area contributed by atoms with Crippen LogP contribution in [-0.2, 0) is 9.47 Å². The molecule has 0 aliphatic carbocycles. The zero-order valence-electron chi connectivity index (χ0n) is 12.9. The van der Waals surface area contributed by atoms with Crippen LogP contribution < -0.4 is 0 Å². The van der Waals surface area contributed by atoms with Gasteiger partial charge in [0.25, 0.3) is 0 Å². The molecule has 6 nitrogen and oxygen atoms in total. The van der Waals surface area contributed by atoms with Crippen molar-refractivity contribution in [2.24, 2.45) is 0 Å². The van der Waals surface area contributed by atoms with E-state index in [-0.39, 0.29) is 0 Å². The first-order valence-corrected chi connectivity index (χ1v) is 7.32. The molecule has 2 aromatic carbocycles. The maximum absolute atomic E-state index is 11.8. The Morgan fingerprint density at radius 2 is 1.17 bits per heavy atom. The maximum atomic E-state index is 11.8. The van der Waals surface area contributed by atoms with Crippen molar-refractivity contribution in [2.75, 3.05) is 19.8 Å². The molecule has 0 heterocycles. The Morgan fingerprint density at radius 3 is 1.50 bits per heavy atom. The van der Waals surface area contributed by atoms with Crippen LogP contribution in [0.15, 0.2) is 60.7 Å². The van der Waals surface area contributed by atoms with E-state index in [0.717, 1.165) is 0 Å². The van der Waals surface area contributed by atoms with Gasteiger partial charge in [0.1, 0.15) is 13.2 Å². The van der Waals surface area contributed by atoms with Gasteiger partial charge in [-0.2, -0.15) is 0 Å². The first-order chi connectivity index (χ1) is 11.5. The van der Waals surface area contributed by atoms with Crippen LogP contribution in [0.25, 0.3) is 0 Å². The van der Waals surface area contributed by atoms with Crippen molar-refractivity contribution in [1.82, 2.24) is 0 Å². The summed E-state index contributed by atoms with van der Waals surface area (Å²) in [6.07, 6.45) is 0.